The van der Waals surface area contributed by atoms with Crippen LogP contribution in [0.3, 0.4) is 0 Å². The molecule has 0 aliphatic carbocycles. The SMILES string of the molecule is CCCNc1cc(C)c(S(=O)(=O)N(C)CCO)c(C)c1. The van der Waals surface area contributed by atoms with Crippen molar-refractivity contribution >= 4 is 15.7 Å². The standard InChI is InChI=1S/C14H24N2O3S/c1-5-6-15-13-9-11(2)14(12(3)10-13)20(18,19)16(4)7-8-17/h9-10,15,17H,5-8H2,1-4H3. The lowest BCUT2D eigenvalue weighted by molar-refractivity contribution is 0.266. The van der Waals surface area contributed by atoms with Crippen LogP contribution in [0.2, 0.25) is 0 Å². The summed E-state index contributed by atoms with van der Waals surface area (Å²) in [6, 6.07) is 3.70. The molecule has 1 aromatic carbocycles. The van der Waals surface area contributed by atoms with Crippen molar-refractivity contribution < 1.29 is 13.5 Å². The second-order valence-corrected chi connectivity index (χ2v) is 6.90. The van der Waals surface area contributed by atoms with Crippen molar-refractivity contribution in [2.45, 2.75) is 32.1 Å². The Morgan fingerprint density at radius 1 is 1.25 bits per heavy atom. The van der Waals surface area contributed by atoms with E-state index in [4.69, 9.17) is 5.11 Å². The Balaban J connectivity index is 3.19. The number of rotatable bonds is 7. The molecular formula is C14H24N2O3S. The van der Waals surface area contributed by atoms with Crippen molar-refractivity contribution in [1.82, 2.24) is 4.31 Å². The van der Waals surface area contributed by atoms with Gasteiger partial charge in [0, 0.05) is 25.8 Å². The molecule has 0 fully saturated rings. The molecule has 1 rings (SSSR count). The van der Waals surface area contributed by atoms with Crippen LogP contribution in [0.1, 0.15) is 24.5 Å². The molecule has 0 saturated carbocycles. The number of aliphatic hydroxyl groups is 1. The van der Waals surface area contributed by atoms with Crippen molar-refractivity contribution in [3.8, 4) is 0 Å². The average Bonchev–Trinajstić information content (AvgIpc) is 2.35. The Hall–Kier alpha value is -1.11. The smallest absolute Gasteiger partial charge is 0.243 e. The van der Waals surface area contributed by atoms with Crippen molar-refractivity contribution in [3.63, 3.8) is 0 Å². The molecule has 0 saturated heterocycles. The predicted molar refractivity (Wildman–Crippen MR) is 81.6 cm³/mol. The van der Waals surface area contributed by atoms with E-state index in [0.29, 0.717) is 16.0 Å². The maximum absolute atomic E-state index is 12.5. The van der Waals surface area contributed by atoms with Crippen molar-refractivity contribution in [1.29, 1.82) is 0 Å². The molecule has 2 N–H and O–H groups in total. The van der Waals surface area contributed by atoms with Gasteiger partial charge in [0.15, 0.2) is 0 Å². The van der Waals surface area contributed by atoms with Crippen LogP contribution in [0, 0.1) is 13.8 Å². The quantitative estimate of drug-likeness (QED) is 0.805. The highest BCUT2D eigenvalue weighted by molar-refractivity contribution is 7.89. The van der Waals surface area contributed by atoms with E-state index in [2.05, 4.69) is 12.2 Å². The van der Waals surface area contributed by atoms with Crippen molar-refractivity contribution in [2.24, 2.45) is 0 Å². The van der Waals surface area contributed by atoms with Gasteiger partial charge in [-0.2, -0.15) is 4.31 Å². The lowest BCUT2D eigenvalue weighted by Gasteiger charge is -2.20. The third-order valence-electron chi connectivity index (χ3n) is 3.12. The fourth-order valence-electron chi connectivity index (χ4n) is 2.15. The lowest BCUT2D eigenvalue weighted by Crippen LogP contribution is -2.30. The number of anilines is 1. The van der Waals surface area contributed by atoms with Crippen LogP contribution in [-0.2, 0) is 10.0 Å². The molecule has 0 spiro atoms. The molecule has 0 bridgehead atoms. The van der Waals surface area contributed by atoms with Crippen LogP contribution in [-0.4, -0.2) is 44.6 Å². The van der Waals surface area contributed by atoms with E-state index < -0.39 is 10.0 Å². The second kappa shape index (κ2) is 7.06. The van der Waals surface area contributed by atoms with E-state index in [1.54, 1.807) is 13.8 Å². The first kappa shape index (κ1) is 16.9. The molecule has 0 atom stereocenters. The summed E-state index contributed by atoms with van der Waals surface area (Å²) in [5, 5.41) is 12.2. The van der Waals surface area contributed by atoms with E-state index in [9.17, 15) is 8.42 Å². The third-order valence-corrected chi connectivity index (χ3v) is 5.29. The Bertz CT molecular complexity index is 533. The van der Waals surface area contributed by atoms with Gasteiger partial charge in [0.2, 0.25) is 10.0 Å². The van der Waals surface area contributed by atoms with Gasteiger partial charge < -0.3 is 10.4 Å². The maximum Gasteiger partial charge on any atom is 0.243 e. The number of aliphatic hydroxyl groups excluding tert-OH is 1. The number of nitrogens with one attached hydrogen (secondary N) is 1. The zero-order valence-corrected chi connectivity index (χ0v) is 13.4. The van der Waals surface area contributed by atoms with Crippen molar-refractivity contribution in [2.75, 3.05) is 32.1 Å². The molecule has 20 heavy (non-hydrogen) atoms. The van der Waals surface area contributed by atoms with E-state index >= 15 is 0 Å². The minimum atomic E-state index is -3.55. The molecule has 5 nitrogen and oxygen atoms in total. The Labute approximate surface area is 121 Å². The molecule has 6 heteroatoms. The van der Waals surface area contributed by atoms with Gasteiger partial charge in [-0.15, -0.1) is 0 Å². The second-order valence-electron chi connectivity index (χ2n) is 4.92. The summed E-state index contributed by atoms with van der Waals surface area (Å²) in [6.07, 6.45) is 1.01. The van der Waals surface area contributed by atoms with Gasteiger partial charge in [-0.1, -0.05) is 6.92 Å². The summed E-state index contributed by atoms with van der Waals surface area (Å²) in [6.45, 7) is 6.43. The molecule has 0 aliphatic rings. The molecule has 0 aliphatic heterocycles. The number of aryl methyl sites for hydroxylation is 2. The van der Waals surface area contributed by atoms with Gasteiger partial charge in [-0.3, -0.25) is 0 Å². The van der Waals surface area contributed by atoms with Gasteiger partial charge in [0.1, 0.15) is 0 Å². The Morgan fingerprint density at radius 3 is 2.25 bits per heavy atom. The number of likely N-dealkylation sites (N-methyl/N-ethyl adjacent to an activating group) is 1. The van der Waals surface area contributed by atoms with Gasteiger partial charge in [-0.25, -0.2) is 8.42 Å². The van der Waals surface area contributed by atoms with Crippen LogP contribution < -0.4 is 5.32 Å². The minimum absolute atomic E-state index is 0.0943. The highest BCUT2D eigenvalue weighted by Crippen LogP contribution is 2.26. The molecular weight excluding hydrogens is 276 g/mol. The summed E-state index contributed by atoms with van der Waals surface area (Å²) < 4.78 is 26.1. The summed E-state index contributed by atoms with van der Waals surface area (Å²) in [5.74, 6) is 0. The number of sulfonamides is 1. The largest absolute Gasteiger partial charge is 0.395 e. The van der Waals surface area contributed by atoms with Crippen LogP contribution in [0.15, 0.2) is 17.0 Å². The first-order valence-electron chi connectivity index (χ1n) is 6.77. The number of hydrogen-bond acceptors (Lipinski definition) is 4. The molecule has 0 amide bonds. The Morgan fingerprint density at radius 2 is 1.80 bits per heavy atom. The highest BCUT2D eigenvalue weighted by Gasteiger charge is 2.24. The fraction of sp³-hybridized carbons (Fsp3) is 0.571. The number of benzene rings is 1. The Kier molecular flexibility index (Phi) is 5.98. The first-order chi connectivity index (χ1) is 9.34. The fourth-order valence-corrected chi connectivity index (χ4v) is 3.71. The summed E-state index contributed by atoms with van der Waals surface area (Å²) in [4.78, 5) is 0.329. The number of nitrogens with zero attached hydrogens (tertiary/aromatic N) is 1. The van der Waals surface area contributed by atoms with E-state index in [0.717, 1.165) is 18.7 Å². The summed E-state index contributed by atoms with van der Waals surface area (Å²) >= 11 is 0. The molecule has 0 heterocycles. The van der Waals surface area contributed by atoms with Gasteiger partial charge in [-0.05, 0) is 43.5 Å². The topological polar surface area (TPSA) is 69.6 Å². The third kappa shape index (κ3) is 3.71. The highest BCUT2D eigenvalue weighted by atomic mass is 32.2. The number of hydrogen-bond donors (Lipinski definition) is 2. The van der Waals surface area contributed by atoms with E-state index in [1.807, 2.05) is 12.1 Å². The predicted octanol–water partition coefficient (Wildman–Crippen LogP) is 1.74. The average molecular weight is 300 g/mol. The summed E-state index contributed by atoms with van der Waals surface area (Å²) in [7, 11) is -2.07. The normalized spacial score (nSPS) is 11.9. The van der Waals surface area contributed by atoms with Gasteiger partial charge >= 0.3 is 0 Å². The molecule has 0 aromatic heterocycles. The van der Waals surface area contributed by atoms with Crippen LogP contribution in [0.25, 0.3) is 0 Å². The van der Waals surface area contributed by atoms with Gasteiger partial charge in [0.05, 0.1) is 11.5 Å². The minimum Gasteiger partial charge on any atom is -0.395 e. The van der Waals surface area contributed by atoms with E-state index in [-0.39, 0.29) is 13.2 Å². The first-order valence-corrected chi connectivity index (χ1v) is 8.21. The van der Waals surface area contributed by atoms with Crippen LogP contribution >= 0.6 is 0 Å². The molecule has 114 valence electrons. The van der Waals surface area contributed by atoms with Gasteiger partial charge in [0.25, 0.3) is 0 Å². The molecule has 0 unspecified atom stereocenters. The monoisotopic (exact) mass is 300 g/mol. The summed E-state index contributed by atoms with van der Waals surface area (Å²) in [5.41, 5.74) is 2.37. The van der Waals surface area contributed by atoms with E-state index in [1.165, 1.54) is 11.4 Å². The van der Waals surface area contributed by atoms with Crippen LogP contribution in [0.4, 0.5) is 5.69 Å². The lowest BCUT2D eigenvalue weighted by atomic mass is 10.1. The van der Waals surface area contributed by atoms with Crippen molar-refractivity contribution in [3.05, 3.63) is 23.3 Å². The molecule has 1 aromatic rings. The zero-order chi connectivity index (χ0) is 15.3. The molecule has 0 radical (unpaired) electrons. The van der Waals surface area contributed by atoms with Crippen LogP contribution in [0.5, 0.6) is 0 Å². The maximum atomic E-state index is 12.5. The zero-order valence-electron chi connectivity index (χ0n) is 12.6.